The molecular formula is C18H39NO. The summed E-state index contributed by atoms with van der Waals surface area (Å²) in [5.74, 6) is 0.697. The van der Waals surface area contributed by atoms with E-state index in [2.05, 4.69) is 39.5 Å². The van der Waals surface area contributed by atoms with Crippen molar-refractivity contribution in [2.24, 2.45) is 5.92 Å². The number of hydrogen-bond acceptors (Lipinski definition) is 2. The lowest BCUT2D eigenvalue weighted by molar-refractivity contribution is 0.0817. The zero-order valence-electron chi connectivity index (χ0n) is 15.0. The maximum atomic E-state index is 5.36. The van der Waals surface area contributed by atoms with E-state index in [-0.39, 0.29) is 0 Å². The van der Waals surface area contributed by atoms with Crippen molar-refractivity contribution in [3.63, 3.8) is 0 Å². The van der Waals surface area contributed by atoms with Gasteiger partial charge in [-0.05, 0) is 19.8 Å². The number of unbranched alkanes of at least 4 members (excludes halogenated alkanes) is 6. The molecule has 2 atom stereocenters. The Balaban J connectivity index is 0.000000370. The molecule has 2 unspecified atom stereocenters. The first-order chi connectivity index (χ1) is 9.56. The van der Waals surface area contributed by atoms with Gasteiger partial charge in [-0.1, -0.05) is 65.7 Å². The normalized spacial score (nSPS) is 22.9. The molecule has 20 heavy (non-hydrogen) atoms. The Morgan fingerprint density at radius 2 is 1.45 bits per heavy atom. The number of hydrogen-bond donors (Lipinski definition) is 0. The van der Waals surface area contributed by atoms with Gasteiger partial charge in [0.1, 0.15) is 0 Å². The first-order valence-electron chi connectivity index (χ1n) is 8.83. The van der Waals surface area contributed by atoms with Crippen molar-refractivity contribution >= 4 is 0 Å². The fourth-order valence-electron chi connectivity index (χ4n) is 2.73. The second-order valence-electron chi connectivity index (χ2n) is 6.57. The van der Waals surface area contributed by atoms with Crippen LogP contribution in [0.5, 0.6) is 0 Å². The minimum absolute atomic E-state index is 0.456. The van der Waals surface area contributed by atoms with Crippen molar-refractivity contribution in [2.45, 2.75) is 91.7 Å². The molecule has 0 aromatic carbocycles. The second-order valence-corrected chi connectivity index (χ2v) is 6.57. The summed E-state index contributed by atoms with van der Waals surface area (Å²) in [5, 5.41) is 0. The third-order valence-electron chi connectivity index (χ3n) is 4.31. The molecule has 0 aromatic rings. The lowest BCUT2D eigenvalue weighted by atomic mass is 10.1. The number of methoxy groups -OCH3 is 1. The van der Waals surface area contributed by atoms with E-state index >= 15 is 0 Å². The van der Waals surface area contributed by atoms with Crippen LogP contribution >= 0.6 is 0 Å². The number of rotatable bonds is 8. The summed E-state index contributed by atoms with van der Waals surface area (Å²) in [6.45, 7) is 13.6. The molecule has 1 aliphatic rings. The van der Waals surface area contributed by atoms with Crippen LogP contribution < -0.4 is 0 Å². The van der Waals surface area contributed by atoms with E-state index in [1.165, 1.54) is 51.5 Å². The summed E-state index contributed by atoms with van der Waals surface area (Å²) in [5.41, 5.74) is 0. The van der Waals surface area contributed by atoms with Crippen molar-refractivity contribution in [2.75, 3.05) is 20.2 Å². The summed E-state index contributed by atoms with van der Waals surface area (Å²) in [6.07, 6.45) is 10.4. The lowest BCUT2D eigenvalue weighted by Crippen LogP contribution is -2.29. The van der Waals surface area contributed by atoms with E-state index in [0.717, 1.165) is 6.54 Å². The smallest absolute Gasteiger partial charge is 0.0735 e. The average molecular weight is 286 g/mol. The van der Waals surface area contributed by atoms with Crippen LogP contribution in [0, 0.1) is 5.92 Å². The van der Waals surface area contributed by atoms with Gasteiger partial charge >= 0.3 is 0 Å². The SMILES string of the molecule is CCCCCCCCC.COC1CN(C(C)C)CC1C. The molecule has 0 saturated carbocycles. The number of likely N-dealkylation sites (tertiary alicyclic amines) is 1. The van der Waals surface area contributed by atoms with Gasteiger partial charge in [0.05, 0.1) is 6.10 Å². The third-order valence-corrected chi connectivity index (χ3v) is 4.31. The molecule has 1 aliphatic heterocycles. The van der Waals surface area contributed by atoms with Crippen LogP contribution in [0.2, 0.25) is 0 Å². The van der Waals surface area contributed by atoms with Crippen molar-refractivity contribution in [3.8, 4) is 0 Å². The van der Waals surface area contributed by atoms with Crippen LogP contribution in [-0.4, -0.2) is 37.2 Å². The first kappa shape index (κ1) is 19.9. The molecule has 2 nitrogen and oxygen atoms in total. The fraction of sp³-hybridized carbons (Fsp3) is 1.00. The van der Waals surface area contributed by atoms with Crippen molar-refractivity contribution in [3.05, 3.63) is 0 Å². The first-order valence-corrected chi connectivity index (χ1v) is 8.83. The third kappa shape index (κ3) is 8.97. The van der Waals surface area contributed by atoms with E-state index in [1.807, 2.05) is 7.11 Å². The van der Waals surface area contributed by atoms with Crippen molar-refractivity contribution < 1.29 is 4.74 Å². The van der Waals surface area contributed by atoms with Gasteiger partial charge in [0, 0.05) is 26.2 Å². The molecule has 1 heterocycles. The minimum atomic E-state index is 0.456. The molecule has 0 N–H and O–H groups in total. The fourth-order valence-corrected chi connectivity index (χ4v) is 2.73. The topological polar surface area (TPSA) is 12.5 Å². The highest BCUT2D eigenvalue weighted by molar-refractivity contribution is 4.83. The van der Waals surface area contributed by atoms with Gasteiger partial charge in [0.15, 0.2) is 0 Å². The summed E-state index contributed by atoms with van der Waals surface area (Å²) < 4.78 is 5.36. The highest BCUT2D eigenvalue weighted by atomic mass is 16.5. The predicted octanol–water partition coefficient (Wildman–Crippen LogP) is 5.12. The maximum Gasteiger partial charge on any atom is 0.0735 e. The highest BCUT2D eigenvalue weighted by Gasteiger charge is 2.30. The average Bonchev–Trinajstić information content (AvgIpc) is 2.81. The van der Waals surface area contributed by atoms with Crippen LogP contribution in [0.15, 0.2) is 0 Å². The second kappa shape index (κ2) is 12.6. The Bertz CT molecular complexity index is 200. The highest BCUT2D eigenvalue weighted by Crippen LogP contribution is 2.20. The van der Waals surface area contributed by atoms with Gasteiger partial charge in [0.25, 0.3) is 0 Å². The Kier molecular flexibility index (Phi) is 12.6. The molecule has 1 fully saturated rings. The van der Waals surface area contributed by atoms with Gasteiger partial charge in [-0.15, -0.1) is 0 Å². The van der Waals surface area contributed by atoms with Gasteiger partial charge in [0.2, 0.25) is 0 Å². The van der Waals surface area contributed by atoms with Crippen molar-refractivity contribution in [1.29, 1.82) is 0 Å². The van der Waals surface area contributed by atoms with E-state index < -0.39 is 0 Å². The molecule has 2 heteroatoms. The van der Waals surface area contributed by atoms with E-state index in [4.69, 9.17) is 4.74 Å². The summed E-state index contributed by atoms with van der Waals surface area (Å²) in [4.78, 5) is 2.47. The van der Waals surface area contributed by atoms with Crippen LogP contribution in [0.4, 0.5) is 0 Å². The van der Waals surface area contributed by atoms with E-state index in [9.17, 15) is 0 Å². The Hall–Kier alpha value is -0.0800. The maximum absolute atomic E-state index is 5.36. The Morgan fingerprint density at radius 1 is 0.950 bits per heavy atom. The summed E-state index contributed by atoms with van der Waals surface area (Å²) in [7, 11) is 1.81. The van der Waals surface area contributed by atoms with E-state index in [1.54, 1.807) is 0 Å². The molecule has 0 bridgehead atoms. The Labute approximate surface area is 128 Å². The molecule has 0 aromatic heterocycles. The van der Waals surface area contributed by atoms with Crippen LogP contribution in [0.25, 0.3) is 0 Å². The lowest BCUT2D eigenvalue weighted by Gasteiger charge is -2.19. The van der Waals surface area contributed by atoms with Crippen LogP contribution in [0.3, 0.4) is 0 Å². The van der Waals surface area contributed by atoms with Gasteiger partial charge < -0.3 is 4.74 Å². The molecule has 0 amide bonds. The molecule has 122 valence electrons. The molecular weight excluding hydrogens is 246 g/mol. The van der Waals surface area contributed by atoms with E-state index in [0.29, 0.717) is 18.1 Å². The monoisotopic (exact) mass is 285 g/mol. The zero-order valence-corrected chi connectivity index (χ0v) is 15.0. The number of ether oxygens (including phenoxy) is 1. The molecule has 0 radical (unpaired) electrons. The van der Waals surface area contributed by atoms with Crippen LogP contribution in [0.1, 0.15) is 79.6 Å². The largest absolute Gasteiger partial charge is 0.380 e. The molecule has 0 aliphatic carbocycles. The van der Waals surface area contributed by atoms with Crippen molar-refractivity contribution in [1.82, 2.24) is 4.90 Å². The molecule has 1 rings (SSSR count). The predicted molar refractivity (Wildman–Crippen MR) is 90.3 cm³/mol. The minimum Gasteiger partial charge on any atom is -0.380 e. The summed E-state index contributed by atoms with van der Waals surface area (Å²) in [6, 6.07) is 0.664. The molecule has 0 spiro atoms. The van der Waals surface area contributed by atoms with Crippen LogP contribution in [-0.2, 0) is 4.74 Å². The molecule has 1 saturated heterocycles. The number of nitrogens with zero attached hydrogens (tertiary/aromatic N) is 1. The summed E-state index contributed by atoms with van der Waals surface area (Å²) >= 11 is 0. The van der Waals surface area contributed by atoms with Gasteiger partial charge in [-0.2, -0.15) is 0 Å². The quantitative estimate of drug-likeness (QED) is 0.574. The standard InChI is InChI=1S/C9H19NO.C9H20/c1-7(2)10-5-8(3)9(6-10)11-4;1-3-5-7-9-8-6-4-2/h7-9H,5-6H2,1-4H3;3-9H2,1-2H3. The van der Waals surface area contributed by atoms with Gasteiger partial charge in [-0.25, -0.2) is 0 Å². The zero-order chi connectivity index (χ0) is 15.4. The Morgan fingerprint density at radius 3 is 1.75 bits per heavy atom. The van der Waals surface area contributed by atoms with Gasteiger partial charge in [-0.3, -0.25) is 4.90 Å².